The standard InChI is InChI=1S/C17H20N4O2/c1-22-14-5-4-13(17(8-14)23-2)10-20-15-6-3-12(9-18)7-16(15)21-11-19/h3-8,20-21H,10-11,19H2,1-2H3. The molecule has 0 atom stereocenters. The average molecular weight is 312 g/mol. The van der Waals surface area contributed by atoms with Crippen LogP contribution in [-0.4, -0.2) is 20.9 Å². The summed E-state index contributed by atoms with van der Waals surface area (Å²) >= 11 is 0. The number of nitrogens with two attached hydrogens (primary N) is 1. The van der Waals surface area contributed by atoms with E-state index in [1.165, 1.54) is 0 Å². The molecule has 2 rings (SSSR count). The van der Waals surface area contributed by atoms with E-state index in [4.69, 9.17) is 20.5 Å². The molecule has 2 aromatic rings. The van der Waals surface area contributed by atoms with Gasteiger partial charge in [-0.05, 0) is 30.3 Å². The fourth-order valence-corrected chi connectivity index (χ4v) is 2.21. The summed E-state index contributed by atoms with van der Waals surface area (Å²) in [5.74, 6) is 1.49. The number of methoxy groups -OCH3 is 2. The lowest BCUT2D eigenvalue weighted by atomic mass is 10.1. The molecule has 0 aliphatic heterocycles. The minimum absolute atomic E-state index is 0.287. The van der Waals surface area contributed by atoms with E-state index in [-0.39, 0.29) is 6.67 Å². The Hall–Kier alpha value is -2.91. The molecule has 0 aliphatic carbocycles. The van der Waals surface area contributed by atoms with Gasteiger partial charge in [0.2, 0.25) is 0 Å². The quantitative estimate of drug-likeness (QED) is 0.680. The Morgan fingerprint density at radius 3 is 2.52 bits per heavy atom. The van der Waals surface area contributed by atoms with Gasteiger partial charge in [0, 0.05) is 18.2 Å². The largest absolute Gasteiger partial charge is 0.497 e. The van der Waals surface area contributed by atoms with Crippen LogP contribution in [-0.2, 0) is 6.54 Å². The van der Waals surface area contributed by atoms with Gasteiger partial charge >= 0.3 is 0 Å². The van der Waals surface area contributed by atoms with Crippen molar-refractivity contribution in [2.24, 2.45) is 5.73 Å². The lowest BCUT2D eigenvalue weighted by molar-refractivity contribution is 0.391. The maximum Gasteiger partial charge on any atom is 0.127 e. The van der Waals surface area contributed by atoms with Crippen molar-refractivity contribution in [2.75, 3.05) is 31.5 Å². The highest BCUT2D eigenvalue weighted by Gasteiger charge is 2.07. The summed E-state index contributed by atoms with van der Waals surface area (Å²) in [5.41, 5.74) is 8.78. The minimum Gasteiger partial charge on any atom is -0.497 e. The fraction of sp³-hybridized carbons (Fsp3) is 0.235. The predicted molar refractivity (Wildman–Crippen MR) is 90.7 cm³/mol. The number of nitrogens with one attached hydrogen (secondary N) is 2. The van der Waals surface area contributed by atoms with E-state index in [1.54, 1.807) is 26.4 Å². The van der Waals surface area contributed by atoms with Crippen molar-refractivity contribution in [3.8, 4) is 17.6 Å². The third kappa shape index (κ3) is 4.05. The lowest BCUT2D eigenvalue weighted by Gasteiger charge is -2.15. The molecule has 120 valence electrons. The van der Waals surface area contributed by atoms with Gasteiger partial charge in [0.15, 0.2) is 0 Å². The van der Waals surface area contributed by atoms with E-state index in [9.17, 15) is 0 Å². The number of nitrogens with zero attached hydrogens (tertiary/aromatic N) is 1. The Morgan fingerprint density at radius 1 is 1.04 bits per heavy atom. The van der Waals surface area contributed by atoms with Crippen molar-refractivity contribution in [1.29, 1.82) is 5.26 Å². The molecule has 4 N–H and O–H groups in total. The maximum atomic E-state index is 8.99. The van der Waals surface area contributed by atoms with Crippen LogP contribution in [0.3, 0.4) is 0 Å². The second-order valence-electron chi connectivity index (χ2n) is 4.78. The molecule has 0 aromatic heterocycles. The highest BCUT2D eigenvalue weighted by atomic mass is 16.5. The van der Waals surface area contributed by atoms with Crippen LogP contribution in [0, 0.1) is 11.3 Å². The molecule has 0 fully saturated rings. The second kappa shape index (κ2) is 7.92. The molecule has 0 bridgehead atoms. The van der Waals surface area contributed by atoms with Crippen LogP contribution in [0.4, 0.5) is 11.4 Å². The SMILES string of the molecule is COc1ccc(CNc2ccc(C#N)cc2NCN)c(OC)c1. The zero-order valence-electron chi connectivity index (χ0n) is 13.2. The lowest BCUT2D eigenvalue weighted by Crippen LogP contribution is -2.13. The van der Waals surface area contributed by atoms with Gasteiger partial charge in [-0.2, -0.15) is 5.26 Å². The molecule has 6 heteroatoms. The predicted octanol–water partition coefficient (Wildman–Crippen LogP) is 2.52. The first-order chi connectivity index (χ1) is 11.2. The fourth-order valence-electron chi connectivity index (χ4n) is 2.21. The zero-order chi connectivity index (χ0) is 16.7. The number of anilines is 2. The Bertz CT molecular complexity index is 710. The van der Waals surface area contributed by atoms with Crippen LogP contribution >= 0.6 is 0 Å². The van der Waals surface area contributed by atoms with Crippen molar-refractivity contribution in [1.82, 2.24) is 0 Å². The van der Waals surface area contributed by atoms with E-state index in [0.29, 0.717) is 12.1 Å². The summed E-state index contributed by atoms with van der Waals surface area (Å²) in [6, 6.07) is 13.2. The average Bonchev–Trinajstić information content (AvgIpc) is 2.60. The molecule has 0 spiro atoms. The van der Waals surface area contributed by atoms with Gasteiger partial charge in [0.05, 0.1) is 43.9 Å². The molecule has 2 aromatic carbocycles. The molecular formula is C17H20N4O2. The minimum atomic E-state index is 0.287. The molecule has 0 amide bonds. The van der Waals surface area contributed by atoms with Crippen molar-refractivity contribution >= 4 is 11.4 Å². The molecule has 0 heterocycles. The molecular weight excluding hydrogens is 292 g/mol. The monoisotopic (exact) mass is 312 g/mol. The van der Waals surface area contributed by atoms with Gasteiger partial charge in [-0.1, -0.05) is 0 Å². The summed E-state index contributed by atoms with van der Waals surface area (Å²) in [6.45, 7) is 0.855. The van der Waals surface area contributed by atoms with Gasteiger partial charge in [-0.3, -0.25) is 0 Å². The number of hydrogen-bond donors (Lipinski definition) is 3. The number of nitriles is 1. The van der Waals surface area contributed by atoms with Crippen LogP contribution in [0.5, 0.6) is 11.5 Å². The topological polar surface area (TPSA) is 92.3 Å². The first-order valence-electron chi connectivity index (χ1n) is 7.14. The first kappa shape index (κ1) is 16.5. The molecule has 0 radical (unpaired) electrons. The van der Waals surface area contributed by atoms with Crippen LogP contribution in [0.25, 0.3) is 0 Å². The van der Waals surface area contributed by atoms with Gasteiger partial charge in [-0.25, -0.2) is 0 Å². The third-order valence-electron chi connectivity index (χ3n) is 3.40. The van der Waals surface area contributed by atoms with Crippen LogP contribution in [0.1, 0.15) is 11.1 Å². The normalized spacial score (nSPS) is 9.83. The summed E-state index contributed by atoms with van der Waals surface area (Å²) in [7, 11) is 3.25. The Kier molecular flexibility index (Phi) is 5.67. The van der Waals surface area contributed by atoms with Crippen molar-refractivity contribution in [3.05, 3.63) is 47.5 Å². The van der Waals surface area contributed by atoms with E-state index in [0.717, 1.165) is 28.4 Å². The molecule has 0 aliphatic rings. The molecule has 6 nitrogen and oxygen atoms in total. The van der Waals surface area contributed by atoms with Crippen LogP contribution < -0.4 is 25.8 Å². The molecule has 0 unspecified atom stereocenters. The summed E-state index contributed by atoms with van der Waals surface area (Å²) in [4.78, 5) is 0. The van der Waals surface area contributed by atoms with E-state index in [1.807, 2.05) is 24.3 Å². The van der Waals surface area contributed by atoms with Crippen molar-refractivity contribution < 1.29 is 9.47 Å². The van der Waals surface area contributed by atoms with E-state index < -0.39 is 0 Å². The van der Waals surface area contributed by atoms with Crippen molar-refractivity contribution in [2.45, 2.75) is 6.54 Å². The summed E-state index contributed by atoms with van der Waals surface area (Å²) < 4.78 is 10.6. The zero-order valence-corrected chi connectivity index (χ0v) is 13.2. The molecule has 0 saturated carbocycles. The summed E-state index contributed by atoms with van der Waals surface area (Å²) in [6.07, 6.45) is 0. The Balaban J connectivity index is 2.19. The maximum absolute atomic E-state index is 8.99. The first-order valence-corrected chi connectivity index (χ1v) is 7.14. The highest BCUT2D eigenvalue weighted by molar-refractivity contribution is 5.71. The summed E-state index contributed by atoms with van der Waals surface area (Å²) in [5, 5.41) is 15.4. The Morgan fingerprint density at radius 2 is 1.87 bits per heavy atom. The van der Waals surface area contributed by atoms with Gasteiger partial charge in [0.1, 0.15) is 11.5 Å². The number of ether oxygens (including phenoxy) is 2. The molecule has 0 saturated heterocycles. The van der Waals surface area contributed by atoms with Crippen LogP contribution in [0.15, 0.2) is 36.4 Å². The smallest absolute Gasteiger partial charge is 0.127 e. The van der Waals surface area contributed by atoms with Gasteiger partial charge in [-0.15, -0.1) is 0 Å². The number of rotatable bonds is 7. The van der Waals surface area contributed by atoms with Crippen molar-refractivity contribution in [3.63, 3.8) is 0 Å². The van der Waals surface area contributed by atoms with E-state index in [2.05, 4.69) is 16.7 Å². The number of hydrogen-bond acceptors (Lipinski definition) is 6. The van der Waals surface area contributed by atoms with E-state index >= 15 is 0 Å². The number of benzene rings is 2. The van der Waals surface area contributed by atoms with Gasteiger partial charge < -0.3 is 25.8 Å². The highest BCUT2D eigenvalue weighted by Crippen LogP contribution is 2.27. The third-order valence-corrected chi connectivity index (χ3v) is 3.40. The van der Waals surface area contributed by atoms with Gasteiger partial charge in [0.25, 0.3) is 0 Å². The Labute approximate surface area is 135 Å². The van der Waals surface area contributed by atoms with Crippen LogP contribution in [0.2, 0.25) is 0 Å². The second-order valence-corrected chi connectivity index (χ2v) is 4.78. The molecule has 23 heavy (non-hydrogen) atoms.